The van der Waals surface area contributed by atoms with E-state index in [1.165, 1.54) is 37.8 Å². The van der Waals surface area contributed by atoms with Crippen molar-refractivity contribution in [3.63, 3.8) is 0 Å². The Bertz CT molecular complexity index is 2460. The number of aromatic hydroxyl groups is 2. The van der Waals surface area contributed by atoms with Gasteiger partial charge in [-0.25, -0.2) is 9.59 Å². The predicted molar refractivity (Wildman–Crippen MR) is 218 cm³/mol. The molecule has 1 spiro atoms. The van der Waals surface area contributed by atoms with Crippen molar-refractivity contribution in [1.82, 2.24) is 15.1 Å². The summed E-state index contributed by atoms with van der Waals surface area (Å²) in [7, 11) is 2.90. The molecular formula is C44H48N4O12S. The highest BCUT2D eigenvalue weighted by Gasteiger charge is 2.66. The number of aryl methyl sites for hydroxylation is 1. The van der Waals surface area contributed by atoms with Crippen molar-refractivity contribution < 1.29 is 57.8 Å². The van der Waals surface area contributed by atoms with E-state index in [0.29, 0.717) is 63.4 Å². The van der Waals surface area contributed by atoms with Gasteiger partial charge in [0.15, 0.2) is 40.0 Å². The Balaban J connectivity index is 1.37. The molecular weight excluding hydrogens is 809 g/mol. The summed E-state index contributed by atoms with van der Waals surface area (Å²) in [6.45, 7) is 9.97. The lowest BCUT2D eigenvalue weighted by molar-refractivity contribution is -0.158. The molecule has 0 aromatic heterocycles. The first-order valence-corrected chi connectivity index (χ1v) is 21.2. The lowest BCUT2D eigenvalue weighted by Gasteiger charge is -2.60. The Morgan fingerprint density at radius 2 is 1.77 bits per heavy atom. The van der Waals surface area contributed by atoms with Crippen LogP contribution in [0.1, 0.15) is 89.5 Å². The molecule has 0 radical (unpaired) electrons. The van der Waals surface area contributed by atoms with Gasteiger partial charge in [-0.2, -0.15) is 5.26 Å². The number of methoxy groups -OCH3 is 2. The summed E-state index contributed by atoms with van der Waals surface area (Å²) in [5.41, 5.74) is 0.616. The Labute approximate surface area is 356 Å². The fourth-order valence-corrected chi connectivity index (χ4v) is 12.2. The number of phenols is 2. The van der Waals surface area contributed by atoms with Gasteiger partial charge < -0.3 is 43.4 Å². The summed E-state index contributed by atoms with van der Waals surface area (Å²) in [5, 5.41) is 37.5. The zero-order valence-corrected chi connectivity index (χ0v) is 36.0. The molecule has 3 aromatic rings. The van der Waals surface area contributed by atoms with Crippen LogP contribution in [0, 0.1) is 25.2 Å². The van der Waals surface area contributed by atoms with Gasteiger partial charge >= 0.3 is 18.0 Å². The third-order valence-corrected chi connectivity index (χ3v) is 14.2. The smallest absolute Gasteiger partial charge is 0.410 e. The molecule has 3 N–H and O–H groups in total. The van der Waals surface area contributed by atoms with Crippen LogP contribution in [0.3, 0.4) is 0 Å². The molecule has 2 unspecified atom stereocenters. The third-order valence-electron chi connectivity index (χ3n) is 12.8. The van der Waals surface area contributed by atoms with Crippen LogP contribution in [0.25, 0.3) is 0 Å². The van der Waals surface area contributed by atoms with Gasteiger partial charge in [0.1, 0.15) is 23.5 Å². The molecule has 8 heterocycles. The van der Waals surface area contributed by atoms with Crippen LogP contribution >= 0.6 is 11.8 Å². The number of amides is 1. The minimum Gasteiger partial charge on any atom is -0.504 e. The molecule has 4 bridgehead atoms. The summed E-state index contributed by atoms with van der Waals surface area (Å²) in [6.07, 6.45) is -0.126. The number of nitriles is 1. The number of fused-ring (bicyclic) bond motifs is 6. The molecule has 0 aliphatic carbocycles. The second-order valence-electron chi connectivity index (χ2n) is 17.5. The summed E-state index contributed by atoms with van der Waals surface area (Å²) >= 11 is 1.35. The Kier molecular flexibility index (Phi) is 9.53. The van der Waals surface area contributed by atoms with E-state index in [4.69, 9.17) is 33.2 Å². The average Bonchev–Trinajstić information content (AvgIpc) is 3.60. The molecule has 11 rings (SSSR count). The number of phenolic OH excluding ortho intramolecular Hbond substituents is 2. The molecule has 17 heteroatoms. The van der Waals surface area contributed by atoms with Gasteiger partial charge in [-0.05, 0) is 75.4 Å². The minimum absolute atomic E-state index is 0.0215. The third kappa shape index (κ3) is 5.96. The maximum absolute atomic E-state index is 15.0. The number of carbonyl (C=O) groups is 3. The second kappa shape index (κ2) is 14.2. The monoisotopic (exact) mass is 856 g/mol. The number of hydrogen-bond donors (Lipinski definition) is 3. The van der Waals surface area contributed by atoms with Crippen LogP contribution in [0.2, 0.25) is 0 Å². The zero-order valence-electron chi connectivity index (χ0n) is 35.2. The molecule has 2 fully saturated rings. The topological polar surface area (TPSA) is 199 Å². The van der Waals surface area contributed by atoms with Crippen molar-refractivity contribution in [3.05, 3.63) is 62.7 Å². The van der Waals surface area contributed by atoms with Crippen LogP contribution in [0.5, 0.6) is 40.2 Å². The molecule has 2 saturated heterocycles. The summed E-state index contributed by atoms with van der Waals surface area (Å²) in [4.78, 5) is 46.4. The molecule has 8 aliphatic rings. The highest BCUT2D eigenvalue weighted by Crippen LogP contribution is 2.66. The lowest BCUT2D eigenvalue weighted by Crippen LogP contribution is -2.71. The summed E-state index contributed by atoms with van der Waals surface area (Å²) in [6, 6.07) is 4.96. The zero-order chi connectivity index (χ0) is 43.5. The number of nitrogens with zero attached hydrogens (tertiary/aromatic N) is 3. The molecule has 8 aliphatic heterocycles. The molecule has 3 aromatic carbocycles. The van der Waals surface area contributed by atoms with E-state index in [0.717, 1.165) is 5.56 Å². The van der Waals surface area contributed by atoms with E-state index in [2.05, 4.69) is 11.4 Å². The molecule has 16 nitrogen and oxygen atoms in total. The number of benzene rings is 3. The minimum atomic E-state index is -1.51. The van der Waals surface area contributed by atoms with Crippen LogP contribution in [0.4, 0.5) is 4.79 Å². The Morgan fingerprint density at radius 1 is 1.02 bits per heavy atom. The van der Waals surface area contributed by atoms with Crippen molar-refractivity contribution >= 4 is 29.8 Å². The van der Waals surface area contributed by atoms with Crippen molar-refractivity contribution in [3.8, 4) is 46.3 Å². The summed E-state index contributed by atoms with van der Waals surface area (Å²) in [5.74, 6) is -0.0393. The molecule has 1 amide bonds. The maximum Gasteiger partial charge on any atom is 0.410 e. The molecule has 7 atom stereocenters. The van der Waals surface area contributed by atoms with Gasteiger partial charge in [-0.3, -0.25) is 19.9 Å². The van der Waals surface area contributed by atoms with E-state index in [-0.39, 0.29) is 60.9 Å². The lowest BCUT2D eigenvalue weighted by atomic mass is 9.76. The SMILES string of the molecule is COc1cc2c(cc1O)CCN[C@]21CS[C@@H]2c3c(OC(C)=O)c(C)c4c(c3[C@H](COC1=O)N1C2[C@H]2c3c(cc(C)c(OC)c3O)C[C@]1(C#N)CN2C(=O)OC(C)(C)C)OCO4. The molecule has 61 heavy (non-hydrogen) atoms. The van der Waals surface area contributed by atoms with Gasteiger partial charge in [0, 0.05) is 47.9 Å². The summed E-state index contributed by atoms with van der Waals surface area (Å²) < 4.78 is 42.4. The largest absolute Gasteiger partial charge is 0.504 e. The number of piperazine rings is 1. The molecule has 322 valence electrons. The second-order valence-corrected chi connectivity index (χ2v) is 18.6. The highest BCUT2D eigenvalue weighted by atomic mass is 32.2. The van der Waals surface area contributed by atoms with E-state index in [1.54, 1.807) is 46.8 Å². The van der Waals surface area contributed by atoms with Gasteiger partial charge in [0.25, 0.3) is 0 Å². The predicted octanol–water partition coefficient (Wildman–Crippen LogP) is 5.29. The van der Waals surface area contributed by atoms with Crippen LogP contribution < -0.4 is 29.0 Å². The fourth-order valence-electron chi connectivity index (χ4n) is 10.5. The van der Waals surface area contributed by atoms with E-state index < -0.39 is 58.1 Å². The number of ether oxygens (including phenoxy) is 7. The first kappa shape index (κ1) is 40.8. The highest BCUT2D eigenvalue weighted by molar-refractivity contribution is 7.99. The van der Waals surface area contributed by atoms with E-state index in [9.17, 15) is 29.9 Å². The number of hydrogen-bond acceptors (Lipinski definition) is 16. The average molecular weight is 857 g/mol. The van der Waals surface area contributed by atoms with Crippen molar-refractivity contribution in [2.75, 3.05) is 46.5 Å². The van der Waals surface area contributed by atoms with Crippen molar-refractivity contribution in [1.29, 1.82) is 5.26 Å². The quantitative estimate of drug-likeness (QED) is 0.227. The van der Waals surface area contributed by atoms with Gasteiger partial charge in [0.2, 0.25) is 6.79 Å². The van der Waals surface area contributed by atoms with Crippen LogP contribution in [-0.4, -0.2) is 102 Å². The number of nitrogens with one attached hydrogen (secondary N) is 1. The maximum atomic E-state index is 15.0. The van der Waals surface area contributed by atoms with Crippen LogP contribution in [0.15, 0.2) is 18.2 Å². The van der Waals surface area contributed by atoms with Crippen molar-refractivity contribution in [2.45, 2.75) is 94.4 Å². The van der Waals surface area contributed by atoms with Crippen LogP contribution in [-0.2, 0) is 37.4 Å². The van der Waals surface area contributed by atoms with Crippen molar-refractivity contribution in [2.24, 2.45) is 0 Å². The van der Waals surface area contributed by atoms with Gasteiger partial charge in [-0.15, -0.1) is 11.8 Å². The van der Waals surface area contributed by atoms with E-state index in [1.807, 2.05) is 11.0 Å². The number of carbonyl (C=O) groups excluding carboxylic acids is 3. The van der Waals surface area contributed by atoms with E-state index >= 15 is 0 Å². The Morgan fingerprint density at radius 3 is 2.46 bits per heavy atom. The number of thioether (sulfide) groups is 1. The fraction of sp³-hybridized carbons (Fsp3) is 0.500. The first-order valence-electron chi connectivity index (χ1n) is 20.2. The van der Waals surface area contributed by atoms with Gasteiger partial charge in [0.05, 0.1) is 50.2 Å². The van der Waals surface area contributed by atoms with Gasteiger partial charge in [-0.1, -0.05) is 6.07 Å². The number of esters is 2. The first-order chi connectivity index (χ1) is 29.0. The standard InChI is InChI=1S/C44H48N4O12S/c1-20-11-24-14-43(16-45)17-47(41(53)60-42(4,5)6)32(29(24)34(51)35(20)55-8)33-39-31-30(38-37(57-19-58-38)21(2)36(31)59-22(3)49)26(48(33)43)15-56-40(52)44(18-61-39)25-13-28(54-7)27(50)12-23(25)9-10-46-44/h11-13,26,32-33,39,46,50-51H,9-10,14-15,17-19H2,1-8H3/t26-,32+,33?,39+,43-,44+/m0/s1. The number of rotatable bonds is 3. The molecule has 0 saturated carbocycles. The normalized spacial score (nSPS) is 28.0. The Hall–Kier alpha value is -5.57.